The van der Waals surface area contributed by atoms with Crippen molar-refractivity contribution in [2.75, 3.05) is 0 Å². The van der Waals surface area contributed by atoms with Crippen LogP contribution in [0.3, 0.4) is 0 Å². The maximum atomic E-state index is 6.60. The number of hydrogen-bond donors (Lipinski definition) is 0. The van der Waals surface area contributed by atoms with Crippen molar-refractivity contribution in [2.24, 2.45) is 9.98 Å². The van der Waals surface area contributed by atoms with Gasteiger partial charge in [0.2, 0.25) is 0 Å². The Morgan fingerprint density at radius 2 is 1.38 bits per heavy atom. The Hall–Kier alpha value is -6.00. The summed E-state index contributed by atoms with van der Waals surface area (Å²) in [5.74, 6) is 2.28. The molecule has 0 bridgehead atoms. The second-order valence-electron chi connectivity index (χ2n) is 12.7. The van der Waals surface area contributed by atoms with E-state index in [9.17, 15) is 0 Å². The maximum absolute atomic E-state index is 6.60. The standard InChI is InChI=1S/C44H34N2O2/c1-44(2)36-25-24-35-34-16-10-11-17-39(34)47-41(35)42(36)48-40-27-23-33(28-37(40)44)30-21-18-29(19-22-30)20-26-38(31-12-6-4-7-13-31)46-43(45-3)32-14-8-5-9-15-32/h4-19,21-28H,3,20H2,1-2H3/b38-26-,46-43-. The van der Waals surface area contributed by atoms with Crippen LogP contribution in [0.4, 0.5) is 0 Å². The first-order chi connectivity index (χ1) is 23.5. The van der Waals surface area contributed by atoms with E-state index in [0.717, 1.165) is 78.9 Å². The van der Waals surface area contributed by atoms with Crippen molar-refractivity contribution in [1.82, 2.24) is 0 Å². The van der Waals surface area contributed by atoms with Crippen LogP contribution in [0.1, 0.15) is 41.7 Å². The molecule has 1 aliphatic heterocycles. The van der Waals surface area contributed by atoms with Crippen LogP contribution in [-0.4, -0.2) is 12.6 Å². The molecule has 0 saturated heterocycles. The van der Waals surface area contributed by atoms with E-state index in [1.54, 1.807) is 0 Å². The van der Waals surface area contributed by atoms with Crippen LogP contribution in [0.2, 0.25) is 0 Å². The summed E-state index contributed by atoms with van der Waals surface area (Å²) in [4.78, 5) is 9.19. The van der Waals surface area contributed by atoms with Gasteiger partial charge < -0.3 is 9.15 Å². The Morgan fingerprint density at radius 3 is 2.12 bits per heavy atom. The number of furan rings is 1. The summed E-state index contributed by atoms with van der Waals surface area (Å²) >= 11 is 0. The number of nitrogens with zero attached hydrogens (tertiary/aromatic N) is 2. The van der Waals surface area contributed by atoms with E-state index < -0.39 is 0 Å². The lowest BCUT2D eigenvalue weighted by atomic mass is 9.75. The minimum Gasteiger partial charge on any atom is -0.453 e. The number of ether oxygens (including phenoxy) is 1. The highest BCUT2D eigenvalue weighted by atomic mass is 16.5. The van der Waals surface area contributed by atoms with Gasteiger partial charge >= 0.3 is 0 Å². The van der Waals surface area contributed by atoms with Gasteiger partial charge in [-0.15, -0.1) is 0 Å². The zero-order chi connectivity index (χ0) is 32.7. The Labute approximate surface area is 280 Å². The van der Waals surface area contributed by atoms with Gasteiger partial charge in [-0.2, -0.15) is 0 Å². The van der Waals surface area contributed by atoms with Crippen LogP contribution in [-0.2, 0) is 11.8 Å². The van der Waals surface area contributed by atoms with Crippen LogP contribution in [0.5, 0.6) is 11.5 Å². The van der Waals surface area contributed by atoms with Gasteiger partial charge in [-0.3, -0.25) is 0 Å². The molecule has 0 spiro atoms. The second-order valence-corrected chi connectivity index (χ2v) is 12.7. The molecule has 4 heteroatoms. The van der Waals surface area contributed by atoms with E-state index in [2.05, 4.69) is 104 Å². The molecular formula is C44H34N2O2. The predicted octanol–water partition coefficient (Wildman–Crippen LogP) is 11.4. The number of para-hydroxylation sites is 1. The van der Waals surface area contributed by atoms with E-state index in [1.807, 2.05) is 66.7 Å². The lowest BCUT2D eigenvalue weighted by Crippen LogP contribution is -2.24. The van der Waals surface area contributed by atoms with Crippen LogP contribution in [0, 0.1) is 0 Å². The number of amidine groups is 1. The summed E-state index contributed by atoms with van der Waals surface area (Å²) in [7, 11) is 0. The molecular weight excluding hydrogens is 588 g/mol. The molecule has 0 unspecified atom stereocenters. The van der Waals surface area contributed by atoms with E-state index in [-0.39, 0.29) is 5.41 Å². The smallest absolute Gasteiger partial charge is 0.178 e. The van der Waals surface area contributed by atoms with E-state index in [1.165, 1.54) is 5.56 Å². The fourth-order valence-corrected chi connectivity index (χ4v) is 6.68. The number of aliphatic imine (C=N–C) groups is 2. The zero-order valence-electron chi connectivity index (χ0n) is 27.0. The normalized spacial score (nSPS) is 14.0. The number of allylic oxidation sites excluding steroid dienone is 1. The molecule has 4 nitrogen and oxygen atoms in total. The van der Waals surface area contributed by atoms with Crippen molar-refractivity contribution in [3.05, 3.63) is 173 Å². The molecule has 2 heterocycles. The van der Waals surface area contributed by atoms with Crippen LogP contribution < -0.4 is 4.74 Å². The summed E-state index contributed by atoms with van der Waals surface area (Å²) in [5, 5.41) is 2.18. The molecule has 0 radical (unpaired) electrons. The van der Waals surface area contributed by atoms with Gasteiger partial charge in [-0.1, -0.05) is 135 Å². The van der Waals surface area contributed by atoms with Crippen molar-refractivity contribution in [2.45, 2.75) is 25.7 Å². The largest absolute Gasteiger partial charge is 0.453 e. The summed E-state index contributed by atoms with van der Waals surface area (Å²) in [6.07, 6.45) is 2.89. The van der Waals surface area contributed by atoms with Gasteiger partial charge in [0.1, 0.15) is 11.3 Å². The first-order valence-electron chi connectivity index (χ1n) is 16.2. The average Bonchev–Trinajstić information content (AvgIpc) is 3.52. The van der Waals surface area contributed by atoms with Gasteiger partial charge in [-0.05, 0) is 59.7 Å². The van der Waals surface area contributed by atoms with E-state index in [0.29, 0.717) is 5.84 Å². The zero-order valence-corrected chi connectivity index (χ0v) is 27.0. The van der Waals surface area contributed by atoms with Crippen molar-refractivity contribution >= 4 is 40.2 Å². The predicted molar refractivity (Wildman–Crippen MR) is 198 cm³/mol. The Kier molecular flexibility index (Phi) is 7.34. The Bertz CT molecular complexity index is 2360. The topological polar surface area (TPSA) is 47.1 Å². The third kappa shape index (κ3) is 5.22. The number of benzene rings is 6. The SMILES string of the molecule is C=N/C(=N\C(=C/Cc1ccc(-c2ccc3c(c2)C(C)(C)c2ccc4c(oc5ccccc54)c2O3)cc1)c1ccccc1)c1ccccc1. The highest BCUT2D eigenvalue weighted by molar-refractivity contribution is 6.07. The molecule has 0 fully saturated rings. The lowest BCUT2D eigenvalue weighted by Gasteiger charge is -2.34. The molecule has 0 amide bonds. The van der Waals surface area contributed by atoms with Gasteiger partial charge in [-0.25, -0.2) is 9.98 Å². The number of rotatable bonds is 6. The van der Waals surface area contributed by atoms with Crippen molar-refractivity contribution in [3.63, 3.8) is 0 Å². The van der Waals surface area contributed by atoms with Gasteiger partial charge in [0, 0.05) is 32.9 Å². The molecule has 1 aliphatic rings. The Morgan fingerprint density at radius 1 is 0.688 bits per heavy atom. The van der Waals surface area contributed by atoms with Gasteiger partial charge in [0.05, 0.1) is 5.70 Å². The summed E-state index contributed by atoms with van der Waals surface area (Å²) in [6.45, 7) is 8.31. The van der Waals surface area contributed by atoms with Crippen LogP contribution in [0.15, 0.2) is 160 Å². The highest BCUT2D eigenvalue weighted by Gasteiger charge is 2.36. The Balaban J connectivity index is 1.08. The van der Waals surface area contributed by atoms with Crippen molar-refractivity contribution in [1.29, 1.82) is 0 Å². The molecule has 48 heavy (non-hydrogen) atoms. The fraction of sp³-hybridized carbons (Fsp3) is 0.0909. The van der Waals surface area contributed by atoms with Gasteiger partial charge in [0.25, 0.3) is 0 Å². The molecule has 0 atom stereocenters. The highest BCUT2D eigenvalue weighted by Crippen LogP contribution is 2.52. The molecule has 8 rings (SSSR count). The lowest BCUT2D eigenvalue weighted by molar-refractivity contribution is 0.415. The third-order valence-electron chi connectivity index (χ3n) is 9.34. The first-order valence-corrected chi connectivity index (χ1v) is 16.2. The number of hydrogen-bond acceptors (Lipinski definition) is 3. The van der Waals surface area contributed by atoms with E-state index >= 15 is 0 Å². The van der Waals surface area contributed by atoms with Crippen LogP contribution in [0.25, 0.3) is 38.8 Å². The molecule has 0 aliphatic carbocycles. The molecule has 6 aromatic carbocycles. The van der Waals surface area contributed by atoms with E-state index in [4.69, 9.17) is 14.1 Å². The summed E-state index contributed by atoms with van der Waals surface area (Å²) < 4.78 is 12.9. The molecule has 7 aromatic rings. The minimum atomic E-state index is -0.274. The fourth-order valence-electron chi connectivity index (χ4n) is 6.68. The maximum Gasteiger partial charge on any atom is 0.178 e. The third-order valence-corrected chi connectivity index (χ3v) is 9.34. The molecule has 0 N–H and O–H groups in total. The minimum absolute atomic E-state index is 0.274. The van der Waals surface area contributed by atoms with Gasteiger partial charge in [0.15, 0.2) is 17.2 Å². The molecule has 1 aromatic heterocycles. The van der Waals surface area contributed by atoms with Crippen LogP contribution >= 0.6 is 0 Å². The average molecular weight is 623 g/mol. The quantitative estimate of drug-likeness (QED) is 0.137. The van der Waals surface area contributed by atoms with Crippen molar-refractivity contribution in [3.8, 4) is 22.6 Å². The number of fused-ring (bicyclic) bond motifs is 6. The summed E-state index contributed by atoms with van der Waals surface area (Å²) in [5.41, 5.74) is 10.0. The first kappa shape index (κ1) is 29.4. The molecule has 0 saturated carbocycles. The van der Waals surface area contributed by atoms with Crippen molar-refractivity contribution < 1.29 is 9.15 Å². The second kappa shape index (κ2) is 12.0. The summed E-state index contributed by atoms with van der Waals surface area (Å²) in [6, 6.07) is 48.0. The molecule has 232 valence electrons. The monoisotopic (exact) mass is 622 g/mol.